The molecule has 2 N–H and O–H groups in total. The maximum atomic E-state index is 11.9. The molecule has 1 aliphatic rings. The van der Waals surface area contributed by atoms with Crippen molar-refractivity contribution in [2.45, 2.75) is 39.2 Å². The zero-order chi connectivity index (χ0) is 16.2. The van der Waals surface area contributed by atoms with Crippen LogP contribution >= 0.6 is 11.6 Å². The largest absolute Gasteiger partial charge is 0.337 e. The molecule has 5 nitrogen and oxygen atoms in total. The van der Waals surface area contributed by atoms with Gasteiger partial charge in [0.1, 0.15) is 5.82 Å². The third-order valence-corrected chi connectivity index (χ3v) is 4.39. The zero-order valence-corrected chi connectivity index (χ0v) is 14.0. The molecule has 2 aromatic rings. The molecule has 0 saturated heterocycles. The fourth-order valence-electron chi connectivity index (χ4n) is 3.00. The van der Waals surface area contributed by atoms with Gasteiger partial charge in [-0.15, -0.1) is 0 Å². The van der Waals surface area contributed by atoms with Gasteiger partial charge < -0.3 is 15.2 Å². The molecule has 122 valence electrons. The van der Waals surface area contributed by atoms with Crippen molar-refractivity contribution in [1.29, 1.82) is 0 Å². The summed E-state index contributed by atoms with van der Waals surface area (Å²) < 4.78 is 2.32. The molecular formula is C17H21ClN4O. The Bertz CT molecular complexity index is 693. The Hall–Kier alpha value is -2.01. The standard InChI is InChI=1S/C17H21ClN4O/c1-12-15(22-11-3-2-4-16(22)20-12)9-10-19-17(23)21-14-7-5-13(18)6-8-14/h5-8H,2-4,9-11H2,1H3,(H2,19,21,23). The molecule has 3 rings (SSSR count). The Kier molecular flexibility index (Phi) is 4.86. The number of rotatable bonds is 4. The highest BCUT2D eigenvalue weighted by Crippen LogP contribution is 2.19. The lowest BCUT2D eigenvalue weighted by Crippen LogP contribution is -2.31. The van der Waals surface area contributed by atoms with E-state index in [4.69, 9.17) is 11.6 Å². The topological polar surface area (TPSA) is 59.0 Å². The molecule has 0 aliphatic carbocycles. The summed E-state index contributed by atoms with van der Waals surface area (Å²) in [4.78, 5) is 16.6. The van der Waals surface area contributed by atoms with Crippen LogP contribution in [0, 0.1) is 6.92 Å². The van der Waals surface area contributed by atoms with Crippen LogP contribution in [0.1, 0.15) is 30.1 Å². The number of carbonyl (C=O) groups excluding carboxylic acids is 1. The van der Waals surface area contributed by atoms with Crippen LogP contribution in [0.3, 0.4) is 0 Å². The molecule has 23 heavy (non-hydrogen) atoms. The van der Waals surface area contributed by atoms with Gasteiger partial charge in [-0.25, -0.2) is 9.78 Å². The van der Waals surface area contributed by atoms with E-state index in [0.717, 1.165) is 30.8 Å². The first-order valence-corrected chi connectivity index (χ1v) is 8.36. The van der Waals surface area contributed by atoms with Crippen molar-refractivity contribution in [2.75, 3.05) is 11.9 Å². The third-order valence-electron chi connectivity index (χ3n) is 4.13. The predicted octanol–water partition coefficient (Wildman–Crippen LogP) is 3.55. The molecule has 1 aliphatic heterocycles. The summed E-state index contributed by atoms with van der Waals surface area (Å²) in [6, 6.07) is 6.85. The van der Waals surface area contributed by atoms with Crippen molar-refractivity contribution in [2.24, 2.45) is 0 Å². The van der Waals surface area contributed by atoms with Crippen LogP contribution in [0.2, 0.25) is 5.02 Å². The fraction of sp³-hybridized carbons (Fsp3) is 0.412. The summed E-state index contributed by atoms with van der Waals surface area (Å²) in [7, 11) is 0. The number of benzene rings is 1. The molecule has 0 unspecified atom stereocenters. The van der Waals surface area contributed by atoms with Gasteiger partial charge in [-0.05, 0) is 44.0 Å². The number of amides is 2. The molecule has 0 bridgehead atoms. The molecule has 0 fully saturated rings. The van der Waals surface area contributed by atoms with Crippen LogP contribution in [0.5, 0.6) is 0 Å². The molecule has 6 heteroatoms. The molecule has 0 saturated carbocycles. The number of imidazole rings is 1. The Balaban J connectivity index is 1.52. The van der Waals surface area contributed by atoms with E-state index in [2.05, 4.69) is 27.1 Å². The fourth-order valence-corrected chi connectivity index (χ4v) is 3.12. The summed E-state index contributed by atoms with van der Waals surface area (Å²) in [5.74, 6) is 1.19. The normalized spacial score (nSPS) is 13.5. The summed E-state index contributed by atoms with van der Waals surface area (Å²) in [6.07, 6.45) is 4.29. The van der Waals surface area contributed by atoms with Gasteiger partial charge in [-0.1, -0.05) is 11.6 Å². The van der Waals surface area contributed by atoms with E-state index in [1.54, 1.807) is 24.3 Å². The van der Waals surface area contributed by atoms with Crippen LogP contribution in [-0.2, 0) is 19.4 Å². The highest BCUT2D eigenvalue weighted by Gasteiger charge is 2.17. The van der Waals surface area contributed by atoms with E-state index in [1.807, 2.05) is 0 Å². The number of nitrogens with zero attached hydrogens (tertiary/aromatic N) is 2. The summed E-state index contributed by atoms with van der Waals surface area (Å²) >= 11 is 5.83. The van der Waals surface area contributed by atoms with Crippen molar-refractivity contribution in [3.63, 3.8) is 0 Å². The number of carbonyl (C=O) groups is 1. The van der Waals surface area contributed by atoms with E-state index in [9.17, 15) is 4.79 Å². The minimum atomic E-state index is -0.205. The first-order chi connectivity index (χ1) is 11.1. The number of nitrogens with one attached hydrogen (secondary N) is 2. The molecule has 1 aromatic carbocycles. The van der Waals surface area contributed by atoms with Gasteiger partial charge in [0, 0.05) is 42.3 Å². The molecular weight excluding hydrogens is 312 g/mol. The number of fused-ring (bicyclic) bond motifs is 1. The minimum Gasteiger partial charge on any atom is -0.337 e. The van der Waals surface area contributed by atoms with Crippen molar-refractivity contribution < 1.29 is 4.79 Å². The molecule has 0 atom stereocenters. The van der Waals surface area contributed by atoms with Crippen molar-refractivity contribution in [1.82, 2.24) is 14.9 Å². The number of aryl methyl sites for hydroxylation is 2. The first-order valence-electron chi connectivity index (χ1n) is 7.99. The Morgan fingerprint density at radius 2 is 2.09 bits per heavy atom. The minimum absolute atomic E-state index is 0.205. The summed E-state index contributed by atoms with van der Waals surface area (Å²) in [5.41, 5.74) is 3.05. The summed E-state index contributed by atoms with van der Waals surface area (Å²) in [6.45, 7) is 3.68. The molecule has 2 amide bonds. The molecule has 0 spiro atoms. The SMILES string of the molecule is Cc1nc2n(c1CCNC(=O)Nc1ccc(Cl)cc1)CCCC2. The number of halogens is 1. The predicted molar refractivity (Wildman–Crippen MR) is 92.1 cm³/mol. The van der Waals surface area contributed by atoms with E-state index >= 15 is 0 Å². The Morgan fingerprint density at radius 3 is 2.87 bits per heavy atom. The van der Waals surface area contributed by atoms with Gasteiger partial charge >= 0.3 is 6.03 Å². The average Bonchev–Trinajstić information content (AvgIpc) is 2.86. The maximum Gasteiger partial charge on any atom is 0.319 e. The van der Waals surface area contributed by atoms with Crippen molar-refractivity contribution >= 4 is 23.3 Å². The van der Waals surface area contributed by atoms with Gasteiger partial charge in [0.2, 0.25) is 0 Å². The number of hydrogen-bond donors (Lipinski definition) is 2. The van der Waals surface area contributed by atoms with Gasteiger partial charge in [0.05, 0.1) is 5.69 Å². The Labute approximate surface area is 141 Å². The molecule has 2 heterocycles. The van der Waals surface area contributed by atoms with Gasteiger partial charge in [0.25, 0.3) is 0 Å². The third kappa shape index (κ3) is 3.85. The first kappa shape index (κ1) is 15.9. The van der Waals surface area contributed by atoms with Crippen LogP contribution < -0.4 is 10.6 Å². The maximum absolute atomic E-state index is 11.9. The van der Waals surface area contributed by atoms with Gasteiger partial charge in [0.15, 0.2) is 0 Å². The highest BCUT2D eigenvalue weighted by molar-refractivity contribution is 6.30. The lowest BCUT2D eigenvalue weighted by Gasteiger charge is -2.16. The second kappa shape index (κ2) is 7.04. The number of urea groups is 1. The van der Waals surface area contributed by atoms with E-state index < -0.39 is 0 Å². The Morgan fingerprint density at radius 1 is 1.30 bits per heavy atom. The quantitative estimate of drug-likeness (QED) is 0.899. The van der Waals surface area contributed by atoms with Gasteiger partial charge in [-0.2, -0.15) is 0 Å². The number of anilines is 1. The van der Waals surface area contributed by atoms with Crippen LogP contribution in [0.4, 0.5) is 10.5 Å². The number of aromatic nitrogens is 2. The zero-order valence-electron chi connectivity index (χ0n) is 13.2. The lowest BCUT2D eigenvalue weighted by atomic mass is 10.1. The lowest BCUT2D eigenvalue weighted by molar-refractivity contribution is 0.252. The van der Waals surface area contributed by atoms with Crippen LogP contribution in [0.25, 0.3) is 0 Å². The van der Waals surface area contributed by atoms with Crippen molar-refractivity contribution in [3.05, 3.63) is 46.5 Å². The molecule has 0 radical (unpaired) electrons. The van der Waals surface area contributed by atoms with E-state index in [-0.39, 0.29) is 6.03 Å². The smallest absolute Gasteiger partial charge is 0.319 e. The molecule has 1 aromatic heterocycles. The van der Waals surface area contributed by atoms with Crippen LogP contribution in [0.15, 0.2) is 24.3 Å². The highest BCUT2D eigenvalue weighted by atomic mass is 35.5. The average molecular weight is 333 g/mol. The van der Waals surface area contributed by atoms with Crippen LogP contribution in [-0.4, -0.2) is 22.1 Å². The second-order valence-electron chi connectivity index (χ2n) is 5.81. The summed E-state index contributed by atoms with van der Waals surface area (Å²) in [5, 5.41) is 6.34. The van der Waals surface area contributed by atoms with E-state index in [1.165, 1.54) is 24.4 Å². The van der Waals surface area contributed by atoms with Gasteiger partial charge in [-0.3, -0.25) is 0 Å². The second-order valence-corrected chi connectivity index (χ2v) is 6.24. The monoisotopic (exact) mass is 332 g/mol. The van der Waals surface area contributed by atoms with Crippen molar-refractivity contribution in [3.8, 4) is 0 Å². The van der Waals surface area contributed by atoms with E-state index in [0.29, 0.717) is 11.6 Å². The number of hydrogen-bond acceptors (Lipinski definition) is 2.